The highest BCUT2D eigenvalue weighted by atomic mass is 32.2. The third-order valence-corrected chi connectivity index (χ3v) is 7.34. The highest BCUT2D eigenvalue weighted by molar-refractivity contribution is 8.00. The van der Waals surface area contributed by atoms with E-state index in [1.165, 1.54) is 11.8 Å². The van der Waals surface area contributed by atoms with Gasteiger partial charge in [-0.3, -0.25) is 14.4 Å². The van der Waals surface area contributed by atoms with Gasteiger partial charge in [0, 0.05) is 39.1 Å². The van der Waals surface area contributed by atoms with Gasteiger partial charge >= 0.3 is 0 Å². The summed E-state index contributed by atoms with van der Waals surface area (Å²) in [6.45, 7) is 2.33. The van der Waals surface area contributed by atoms with Crippen LogP contribution in [0.5, 0.6) is 5.75 Å². The average Bonchev–Trinajstić information content (AvgIpc) is 3.49. The first kappa shape index (κ1) is 29.2. The number of fused-ring (bicyclic) bond motifs is 1. The second-order valence-corrected chi connectivity index (χ2v) is 10.5. The second kappa shape index (κ2) is 14.1. The molecule has 0 radical (unpaired) electrons. The SMILES string of the molecule is CCOc1ccccc1/C=C(/NC(=O)c1ccccc1)C(=O)Nc1cccc(SCC(=O)Nc2ccc3cc[nH]c3c2)c1. The molecule has 5 rings (SSSR count). The summed E-state index contributed by atoms with van der Waals surface area (Å²) in [5, 5.41) is 9.61. The average molecular weight is 591 g/mol. The van der Waals surface area contributed by atoms with E-state index in [0.29, 0.717) is 34.9 Å². The third kappa shape index (κ3) is 7.93. The molecular formula is C34H30N4O4S. The molecule has 0 bridgehead atoms. The number of amides is 3. The molecule has 0 saturated heterocycles. The first-order valence-corrected chi connectivity index (χ1v) is 14.7. The number of thioether (sulfide) groups is 1. The van der Waals surface area contributed by atoms with Gasteiger partial charge in [0.25, 0.3) is 11.8 Å². The van der Waals surface area contributed by atoms with Gasteiger partial charge in [-0.2, -0.15) is 0 Å². The molecule has 0 unspecified atom stereocenters. The molecule has 0 fully saturated rings. The maximum atomic E-state index is 13.5. The Labute approximate surface area is 253 Å². The Morgan fingerprint density at radius 2 is 1.63 bits per heavy atom. The van der Waals surface area contributed by atoms with Crippen molar-refractivity contribution in [3.63, 3.8) is 0 Å². The molecule has 0 saturated carbocycles. The summed E-state index contributed by atoms with van der Waals surface area (Å²) >= 11 is 1.35. The van der Waals surface area contributed by atoms with Crippen LogP contribution in [0.1, 0.15) is 22.8 Å². The fraction of sp³-hybridized carbons (Fsp3) is 0.0882. The van der Waals surface area contributed by atoms with E-state index < -0.39 is 11.8 Å². The van der Waals surface area contributed by atoms with Crippen molar-refractivity contribution in [2.75, 3.05) is 23.0 Å². The number of aromatic amines is 1. The number of hydrogen-bond donors (Lipinski definition) is 4. The van der Waals surface area contributed by atoms with Crippen LogP contribution in [0.2, 0.25) is 0 Å². The molecule has 0 atom stereocenters. The zero-order chi connectivity index (χ0) is 30.0. The number of para-hydroxylation sites is 1. The molecule has 1 heterocycles. The normalized spacial score (nSPS) is 11.1. The summed E-state index contributed by atoms with van der Waals surface area (Å²) < 4.78 is 5.71. The van der Waals surface area contributed by atoms with Crippen molar-refractivity contribution in [3.8, 4) is 5.75 Å². The Hall–Kier alpha value is -5.28. The summed E-state index contributed by atoms with van der Waals surface area (Å²) in [5.74, 6) is -0.287. The molecular weight excluding hydrogens is 560 g/mol. The molecule has 1 aromatic heterocycles. The van der Waals surface area contributed by atoms with Gasteiger partial charge in [0.15, 0.2) is 0 Å². The van der Waals surface area contributed by atoms with Crippen molar-refractivity contribution in [3.05, 3.63) is 126 Å². The van der Waals surface area contributed by atoms with Crippen LogP contribution in [-0.4, -0.2) is 35.1 Å². The Morgan fingerprint density at radius 1 is 0.837 bits per heavy atom. The topological polar surface area (TPSA) is 112 Å². The molecule has 8 nitrogen and oxygen atoms in total. The number of carbonyl (C=O) groups is 3. The lowest BCUT2D eigenvalue weighted by Gasteiger charge is -2.13. The molecule has 4 N–H and O–H groups in total. The molecule has 3 amide bonds. The fourth-order valence-electron chi connectivity index (χ4n) is 4.32. The second-order valence-electron chi connectivity index (χ2n) is 9.45. The van der Waals surface area contributed by atoms with Crippen LogP contribution in [0.4, 0.5) is 11.4 Å². The van der Waals surface area contributed by atoms with E-state index in [4.69, 9.17) is 4.74 Å². The molecule has 0 aliphatic heterocycles. The maximum Gasteiger partial charge on any atom is 0.272 e. The molecule has 0 aliphatic rings. The minimum atomic E-state index is -0.504. The van der Waals surface area contributed by atoms with Crippen molar-refractivity contribution in [2.45, 2.75) is 11.8 Å². The predicted octanol–water partition coefficient (Wildman–Crippen LogP) is 6.71. The van der Waals surface area contributed by atoms with Crippen molar-refractivity contribution in [1.29, 1.82) is 0 Å². The van der Waals surface area contributed by atoms with Gasteiger partial charge in [0.2, 0.25) is 5.91 Å². The summed E-state index contributed by atoms with van der Waals surface area (Å²) in [7, 11) is 0. The molecule has 43 heavy (non-hydrogen) atoms. The van der Waals surface area contributed by atoms with Gasteiger partial charge in [-0.15, -0.1) is 11.8 Å². The van der Waals surface area contributed by atoms with E-state index in [0.717, 1.165) is 15.8 Å². The van der Waals surface area contributed by atoms with Gasteiger partial charge in [-0.25, -0.2) is 0 Å². The predicted molar refractivity (Wildman–Crippen MR) is 172 cm³/mol. The fourth-order valence-corrected chi connectivity index (χ4v) is 5.07. The van der Waals surface area contributed by atoms with Crippen molar-refractivity contribution in [1.82, 2.24) is 10.3 Å². The van der Waals surface area contributed by atoms with Gasteiger partial charge in [0.1, 0.15) is 11.4 Å². The van der Waals surface area contributed by atoms with Crippen molar-refractivity contribution in [2.24, 2.45) is 0 Å². The van der Waals surface area contributed by atoms with Crippen LogP contribution >= 0.6 is 11.8 Å². The number of H-pyrrole nitrogens is 1. The summed E-state index contributed by atoms with van der Waals surface area (Å²) in [4.78, 5) is 43.0. The zero-order valence-corrected chi connectivity index (χ0v) is 24.2. The van der Waals surface area contributed by atoms with Gasteiger partial charge in [-0.05, 0) is 73.0 Å². The highest BCUT2D eigenvalue weighted by Gasteiger charge is 2.16. The van der Waals surface area contributed by atoms with Crippen LogP contribution in [0, 0.1) is 0 Å². The molecule has 216 valence electrons. The van der Waals surface area contributed by atoms with Crippen LogP contribution in [0.15, 0.2) is 120 Å². The van der Waals surface area contributed by atoms with Crippen LogP contribution in [-0.2, 0) is 9.59 Å². The monoisotopic (exact) mass is 590 g/mol. The van der Waals surface area contributed by atoms with Crippen LogP contribution < -0.4 is 20.7 Å². The Balaban J connectivity index is 1.28. The molecule has 9 heteroatoms. The minimum absolute atomic E-state index is 0.0532. The number of aromatic nitrogens is 1. The molecule has 0 spiro atoms. The van der Waals surface area contributed by atoms with E-state index >= 15 is 0 Å². The Kier molecular flexibility index (Phi) is 9.56. The smallest absolute Gasteiger partial charge is 0.272 e. The standard InChI is InChI=1S/C34H30N4O4S/c1-2-42-31-14-7-6-11-25(31)19-30(38-33(40)24-9-4-3-5-10-24)34(41)37-26-12-8-13-28(20-26)43-22-32(39)36-27-16-15-23-17-18-35-29(23)21-27/h3-21,35H,2,22H2,1H3,(H,36,39)(H,37,41)(H,38,40)/b30-19+. The number of nitrogens with one attached hydrogen (secondary N) is 4. The van der Waals surface area contributed by atoms with E-state index in [9.17, 15) is 14.4 Å². The van der Waals surface area contributed by atoms with E-state index in [2.05, 4.69) is 20.9 Å². The maximum absolute atomic E-state index is 13.5. The third-order valence-electron chi connectivity index (χ3n) is 6.35. The highest BCUT2D eigenvalue weighted by Crippen LogP contribution is 2.24. The minimum Gasteiger partial charge on any atom is -0.493 e. The summed E-state index contributed by atoms with van der Waals surface area (Å²) in [6.07, 6.45) is 3.45. The van der Waals surface area contributed by atoms with E-state index in [1.807, 2.05) is 67.7 Å². The Morgan fingerprint density at radius 3 is 2.47 bits per heavy atom. The van der Waals surface area contributed by atoms with Gasteiger partial charge in [-0.1, -0.05) is 48.5 Å². The number of carbonyl (C=O) groups excluding carboxylic acids is 3. The number of benzene rings is 4. The lowest BCUT2D eigenvalue weighted by molar-refractivity contribution is -0.114. The van der Waals surface area contributed by atoms with Crippen LogP contribution in [0.3, 0.4) is 0 Å². The lowest BCUT2D eigenvalue weighted by atomic mass is 10.1. The largest absolute Gasteiger partial charge is 0.493 e. The van der Waals surface area contributed by atoms with Crippen molar-refractivity contribution < 1.29 is 19.1 Å². The van der Waals surface area contributed by atoms with Crippen LogP contribution in [0.25, 0.3) is 17.0 Å². The number of hydrogen-bond acceptors (Lipinski definition) is 5. The Bertz CT molecular complexity index is 1780. The van der Waals surface area contributed by atoms with E-state index in [-0.39, 0.29) is 17.4 Å². The molecule has 0 aliphatic carbocycles. The summed E-state index contributed by atoms with van der Waals surface area (Å²) in [5.41, 5.74) is 3.30. The first-order valence-electron chi connectivity index (χ1n) is 13.7. The summed E-state index contributed by atoms with van der Waals surface area (Å²) in [6, 6.07) is 30.8. The first-order chi connectivity index (χ1) is 21.0. The van der Waals surface area contributed by atoms with Crippen molar-refractivity contribution >= 4 is 57.8 Å². The quantitative estimate of drug-likeness (QED) is 0.101. The molecule has 4 aromatic carbocycles. The van der Waals surface area contributed by atoms with E-state index in [1.54, 1.807) is 54.6 Å². The number of anilines is 2. The van der Waals surface area contributed by atoms with Gasteiger partial charge < -0.3 is 25.7 Å². The van der Waals surface area contributed by atoms with Gasteiger partial charge in [0.05, 0.1) is 12.4 Å². The lowest BCUT2D eigenvalue weighted by Crippen LogP contribution is -2.30. The molecule has 5 aromatic rings. The number of ether oxygens (including phenoxy) is 1. The number of rotatable bonds is 11. The zero-order valence-electron chi connectivity index (χ0n) is 23.4.